The molecule has 86 valence electrons. The molecule has 0 spiro atoms. The van der Waals surface area contributed by atoms with E-state index in [0.717, 1.165) is 16.8 Å². The van der Waals surface area contributed by atoms with Crippen LogP contribution in [0.25, 0.3) is 0 Å². The Morgan fingerprint density at radius 3 is 2.94 bits per heavy atom. The van der Waals surface area contributed by atoms with E-state index >= 15 is 0 Å². The average molecular weight is 303 g/mol. The fourth-order valence-corrected chi connectivity index (χ4v) is 2.67. The molecule has 5 nitrogen and oxygen atoms in total. The lowest BCUT2D eigenvalue weighted by Gasteiger charge is -1.98. The first-order chi connectivity index (χ1) is 7.78. The number of hydrogen-bond acceptors (Lipinski definition) is 6. The van der Waals surface area contributed by atoms with Crippen molar-refractivity contribution in [1.29, 1.82) is 0 Å². The maximum atomic E-state index is 5.36. The molecule has 0 amide bonds. The van der Waals surface area contributed by atoms with Gasteiger partial charge in [0.2, 0.25) is 5.89 Å². The highest BCUT2D eigenvalue weighted by Gasteiger charge is 2.03. The SMILES string of the molecule is NCc1nnc(NCCc2ccc(Br)s2)o1. The molecule has 2 aromatic rings. The fourth-order valence-electron chi connectivity index (χ4n) is 1.19. The zero-order valence-corrected chi connectivity index (χ0v) is 10.8. The molecule has 0 atom stereocenters. The third kappa shape index (κ3) is 3.03. The average Bonchev–Trinajstić information content (AvgIpc) is 2.88. The molecule has 3 N–H and O–H groups in total. The lowest BCUT2D eigenvalue weighted by atomic mass is 10.3. The van der Waals surface area contributed by atoms with Crippen LogP contribution in [0.1, 0.15) is 10.8 Å². The quantitative estimate of drug-likeness (QED) is 0.883. The van der Waals surface area contributed by atoms with Crippen LogP contribution in [0.2, 0.25) is 0 Å². The number of halogens is 1. The minimum Gasteiger partial charge on any atom is -0.407 e. The normalized spacial score (nSPS) is 10.6. The maximum absolute atomic E-state index is 5.36. The summed E-state index contributed by atoms with van der Waals surface area (Å²) in [6, 6.07) is 4.56. The second kappa shape index (κ2) is 5.42. The topological polar surface area (TPSA) is 77.0 Å². The van der Waals surface area contributed by atoms with Gasteiger partial charge in [0, 0.05) is 11.4 Å². The molecule has 0 radical (unpaired) electrons. The van der Waals surface area contributed by atoms with E-state index in [1.807, 2.05) is 6.07 Å². The summed E-state index contributed by atoms with van der Waals surface area (Å²) in [6.07, 6.45) is 0.927. The predicted octanol–water partition coefficient (Wildman–Crippen LogP) is 2.01. The van der Waals surface area contributed by atoms with E-state index in [1.165, 1.54) is 4.88 Å². The Bertz CT molecular complexity index is 456. The monoisotopic (exact) mass is 302 g/mol. The van der Waals surface area contributed by atoms with Crippen LogP contribution in [0.5, 0.6) is 0 Å². The minimum absolute atomic E-state index is 0.270. The van der Waals surface area contributed by atoms with Crippen LogP contribution in [0.3, 0.4) is 0 Å². The molecule has 0 aliphatic heterocycles. The Hall–Kier alpha value is -0.920. The van der Waals surface area contributed by atoms with Crippen molar-refractivity contribution in [3.63, 3.8) is 0 Å². The molecule has 2 heterocycles. The Labute approximate surface area is 105 Å². The van der Waals surface area contributed by atoms with E-state index in [0.29, 0.717) is 11.9 Å². The van der Waals surface area contributed by atoms with Gasteiger partial charge < -0.3 is 15.5 Å². The van der Waals surface area contributed by atoms with Gasteiger partial charge in [0.05, 0.1) is 10.3 Å². The summed E-state index contributed by atoms with van der Waals surface area (Å²) in [6.45, 7) is 1.03. The van der Waals surface area contributed by atoms with Crippen molar-refractivity contribution in [3.8, 4) is 0 Å². The van der Waals surface area contributed by atoms with Gasteiger partial charge >= 0.3 is 6.01 Å². The molecule has 0 fully saturated rings. The van der Waals surface area contributed by atoms with Crippen molar-refractivity contribution in [2.45, 2.75) is 13.0 Å². The van der Waals surface area contributed by atoms with Crippen molar-refractivity contribution in [3.05, 3.63) is 26.7 Å². The molecule has 0 aliphatic carbocycles. The van der Waals surface area contributed by atoms with Crippen molar-refractivity contribution >= 4 is 33.3 Å². The van der Waals surface area contributed by atoms with Gasteiger partial charge in [-0.15, -0.1) is 16.4 Å². The third-order valence-electron chi connectivity index (χ3n) is 1.92. The molecule has 2 rings (SSSR count). The van der Waals surface area contributed by atoms with E-state index in [4.69, 9.17) is 10.2 Å². The van der Waals surface area contributed by atoms with Crippen LogP contribution in [-0.2, 0) is 13.0 Å². The number of rotatable bonds is 5. The number of thiophene rings is 1. The first-order valence-electron chi connectivity index (χ1n) is 4.78. The Balaban J connectivity index is 1.79. The van der Waals surface area contributed by atoms with Gasteiger partial charge in [-0.25, -0.2) is 0 Å². The highest BCUT2D eigenvalue weighted by molar-refractivity contribution is 9.11. The lowest BCUT2D eigenvalue weighted by molar-refractivity contribution is 0.507. The van der Waals surface area contributed by atoms with Gasteiger partial charge in [-0.2, -0.15) is 0 Å². The second-order valence-corrected chi connectivity index (χ2v) is 5.64. The van der Waals surface area contributed by atoms with E-state index in [1.54, 1.807) is 11.3 Å². The van der Waals surface area contributed by atoms with Crippen molar-refractivity contribution in [2.75, 3.05) is 11.9 Å². The summed E-state index contributed by atoms with van der Waals surface area (Å²) in [7, 11) is 0. The fraction of sp³-hybridized carbons (Fsp3) is 0.333. The van der Waals surface area contributed by atoms with E-state index in [-0.39, 0.29) is 6.54 Å². The van der Waals surface area contributed by atoms with Crippen molar-refractivity contribution in [1.82, 2.24) is 10.2 Å². The summed E-state index contributed by atoms with van der Waals surface area (Å²) < 4.78 is 6.36. The lowest BCUT2D eigenvalue weighted by Crippen LogP contribution is -2.03. The summed E-state index contributed by atoms with van der Waals surface area (Å²) in [5.74, 6) is 0.446. The zero-order chi connectivity index (χ0) is 11.4. The zero-order valence-electron chi connectivity index (χ0n) is 8.44. The number of anilines is 1. The van der Waals surface area contributed by atoms with E-state index < -0.39 is 0 Å². The minimum atomic E-state index is 0.270. The predicted molar refractivity (Wildman–Crippen MR) is 66.4 cm³/mol. The summed E-state index contributed by atoms with van der Waals surface area (Å²) >= 11 is 5.15. The van der Waals surface area contributed by atoms with Crippen LogP contribution in [0.4, 0.5) is 6.01 Å². The largest absolute Gasteiger partial charge is 0.407 e. The number of aromatic nitrogens is 2. The van der Waals surface area contributed by atoms with Crippen LogP contribution in [0, 0.1) is 0 Å². The Kier molecular flexibility index (Phi) is 3.92. The standard InChI is InChI=1S/C9H11BrN4OS/c10-7-2-1-6(16-7)3-4-12-9-14-13-8(5-11)15-9/h1-2H,3-5,11H2,(H,12,14). The summed E-state index contributed by atoms with van der Waals surface area (Å²) in [5.41, 5.74) is 5.36. The van der Waals surface area contributed by atoms with Crippen LogP contribution in [-0.4, -0.2) is 16.7 Å². The van der Waals surface area contributed by atoms with Crippen molar-refractivity contribution < 1.29 is 4.42 Å². The highest BCUT2D eigenvalue weighted by atomic mass is 79.9. The Morgan fingerprint density at radius 1 is 1.44 bits per heavy atom. The molecule has 0 saturated carbocycles. The van der Waals surface area contributed by atoms with Gasteiger partial charge in [0.25, 0.3) is 0 Å². The molecule has 0 aliphatic rings. The van der Waals surface area contributed by atoms with Crippen LogP contribution >= 0.6 is 27.3 Å². The van der Waals surface area contributed by atoms with Crippen LogP contribution in [0.15, 0.2) is 20.3 Å². The van der Waals surface area contributed by atoms with Gasteiger partial charge in [0.1, 0.15) is 0 Å². The smallest absolute Gasteiger partial charge is 0.315 e. The molecule has 0 unspecified atom stereocenters. The molecule has 0 aromatic carbocycles. The van der Waals surface area contributed by atoms with Gasteiger partial charge in [0.15, 0.2) is 0 Å². The van der Waals surface area contributed by atoms with Crippen molar-refractivity contribution in [2.24, 2.45) is 5.73 Å². The first kappa shape index (κ1) is 11.6. The summed E-state index contributed by atoms with van der Waals surface area (Å²) in [5, 5.41) is 10.6. The molecular weight excluding hydrogens is 292 g/mol. The number of nitrogens with two attached hydrogens (primary N) is 1. The number of nitrogens with one attached hydrogen (secondary N) is 1. The maximum Gasteiger partial charge on any atom is 0.315 e. The molecule has 16 heavy (non-hydrogen) atoms. The van der Waals surface area contributed by atoms with Gasteiger partial charge in [-0.1, -0.05) is 5.10 Å². The first-order valence-corrected chi connectivity index (χ1v) is 6.39. The second-order valence-electron chi connectivity index (χ2n) is 3.09. The number of hydrogen-bond donors (Lipinski definition) is 2. The highest BCUT2D eigenvalue weighted by Crippen LogP contribution is 2.22. The van der Waals surface area contributed by atoms with Gasteiger partial charge in [-0.3, -0.25) is 0 Å². The molecule has 0 bridgehead atoms. The Morgan fingerprint density at radius 2 is 2.31 bits per heavy atom. The number of nitrogens with zero attached hydrogens (tertiary/aromatic N) is 2. The third-order valence-corrected chi connectivity index (χ3v) is 3.60. The van der Waals surface area contributed by atoms with Crippen LogP contribution < -0.4 is 11.1 Å². The molecule has 0 saturated heterocycles. The van der Waals surface area contributed by atoms with E-state index in [9.17, 15) is 0 Å². The van der Waals surface area contributed by atoms with E-state index in [2.05, 4.69) is 37.5 Å². The van der Waals surface area contributed by atoms with Gasteiger partial charge in [-0.05, 0) is 34.5 Å². The summed E-state index contributed by atoms with van der Waals surface area (Å²) in [4.78, 5) is 1.30. The molecular formula is C9H11BrN4OS. The molecule has 2 aromatic heterocycles. The molecule has 7 heteroatoms.